The first-order valence-electron chi connectivity index (χ1n) is 6.47. The van der Waals surface area contributed by atoms with Crippen molar-refractivity contribution >= 4 is 11.0 Å². The Morgan fingerprint density at radius 2 is 2.33 bits per heavy atom. The van der Waals surface area contributed by atoms with Crippen molar-refractivity contribution in [2.45, 2.75) is 31.9 Å². The molecule has 4 nitrogen and oxygen atoms in total. The zero-order valence-corrected chi connectivity index (χ0v) is 10.9. The number of ether oxygens (including phenoxy) is 1. The Balaban J connectivity index is 2.10. The van der Waals surface area contributed by atoms with Gasteiger partial charge in [0.2, 0.25) is 0 Å². The standard InChI is InChI=1S/C14H19N3O/c1-9-11(5-6-18-9)14-16-12-7-10(8-15)3-4-13(12)17(14)2/h3-4,7,9,11H,5-6,8,15H2,1-2H3. The molecule has 1 aromatic heterocycles. The van der Waals surface area contributed by atoms with Crippen LogP contribution in [0.1, 0.15) is 30.7 Å². The molecule has 0 radical (unpaired) electrons. The number of hydrogen-bond acceptors (Lipinski definition) is 3. The molecule has 3 rings (SSSR count). The van der Waals surface area contributed by atoms with Crippen molar-refractivity contribution in [3.8, 4) is 0 Å². The highest BCUT2D eigenvalue weighted by Crippen LogP contribution is 2.32. The molecule has 1 aliphatic heterocycles. The van der Waals surface area contributed by atoms with Gasteiger partial charge < -0.3 is 15.0 Å². The molecular formula is C14H19N3O. The smallest absolute Gasteiger partial charge is 0.115 e. The van der Waals surface area contributed by atoms with Crippen molar-refractivity contribution in [1.82, 2.24) is 9.55 Å². The lowest BCUT2D eigenvalue weighted by atomic mass is 10.0. The second-order valence-corrected chi connectivity index (χ2v) is 5.03. The van der Waals surface area contributed by atoms with Gasteiger partial charge in [-0.15, -0.1) is 0 Å². The van der Waals surface area contributed by atoms with E-state index in [9.17, 15) is 0 Å². The molecule has 96 valence electrons. The summed E-state index contributed by atoms with van der Waals surface area (Å²) in [5.74, 6) is 1.54. The largest absolute Gasteiger partial charge is 0.378 e. The fourth-order valence-electron chi connectivity index (χ4n) is 2.79. The predicted molar refractivity (Wildman–Crippen MR) is 71.4 cm³/mol. The Morgan fingerprint density at radius 3 is 3.00 bits per heavy atom. The monoisotopic (exact) mass is 245 g/mol. The zero-order valence-electron chi connectivity index (χ0n) is 10.9. The second kappa shape index (κ2) is 4.37. The van der Waals surface area contributed by atoms with Gasteiger partial charge >= 0.3 is 0 Å². The van der Waals surface area contributed by atoms with Gasteiger partial charge in [-0.1, -0.05) is 6.07 Å². The summed E-state index contributed by atoms with van der Waals surface area (Å²) in [6.45, 7) is 3.52. The SMILES string of the molecule is CC1OCCC1c1nc2cc(CN)ccc2n1C. The van der Waals surface area contributed by atoms with E-state index in [1.54, 1.807) is 0 Å². The maximum Gasteiger partial charge on any atom is 0.115 e. The number of hydrogen-bond donors (Lipinski definition) is 1. The van der Waals surface area contributed by atoms with Crippen molar-refractivity contribution in [3.05, 3.63) is 29.6 Å². The molecule has 2 unspecified atom stereocenters. The molecule has 2 N–H and O–H groups in total. The van der Waals surface area contributed by atoms with Crippen molar-refractivity contribution in [1.29, 1.82) is 0 Å². The number of fused-ring (bicyclic) bond motifs is 1. The fourth-order valence-corrected chi connectivity index (χ4v) is 2.79. The summed E-state index contributed by atoms with van der Waals surface area (Å²) in [5.41, 5.74) is 9.01. The van der Waals surface area contributed by atoms with Crippen LogP contribution in [0.5, 0.6) is 0 Å². The van der Waals surface area contributed by atoms with Crippen LogP contribution in [0, 0.1) is 0 Å². The van der Waals surface area contributed by atoms with Crippen LogP contribution >= 0.6 is 0 Å². The molecule has 2 aromatic rings. The molecule has 0 saturated carbocycles. The Hall–Kier alpha value is -1.39. The lowest BCUT2D eigenvalue weighted by molar-refractivity contribution is 0.117. The topological polar surface area (TPSA) is 53.1 Å². The third kappa shape index (κ3) is 1.72. The normalized spacial score (nSPS) is 23.9. The number of nitrogens with two attached hydrogens (primary N) is 1. The summed E-state index contributed by atoms with van der Waals surface area (Å²) in [6, 6.07) is 6.26. The predicted octanol–water partition coefficient (Wildman–Crippen LogP) is 1.92. The number of rotatable bonds is 2. The first-order valence-corrected chi connectivity index (χ1v) is 6.47. The number of benzene rings is 1. The number of aromatic nitrogens is 2. The first kappa shape index (κ1) is 11.7. The summed E-state index contributed by atoms with van der Waals surface area (Å²) in [6.07, 6.45) is 1.32. The van der Waals surface area contributed by atoms with Crippen LogP contribution in [0.3, 0.4) is 0 Å². The number of nitrogens with zero attached hydrogens (tertiary/aromatic N) is 2. The van der Waals surface area contributed by atoms with Crippen molar-refractivity contribution < 1.29 is 4.74 Å². The first-order chi connectivity index (χ1) is 8.70. The van der Waals surface area contributed by atoms with Gasteiger partial charge in [-0.2, -0.15) is 0 Å². The molecule has 0 amide bonds. The van der Waals surface area contributed by atoms with E-state index < -0.39 is 0 Å². The quantitative estimate of drug-likeness (QED) is 0.879. The molecule has 0 aliphatic carbocycles. The molecule has 0 spiro atoms. The van der Waals surface area contributed by atoms with Crippen LogP contribution in [0.15, 0.2) is 18.2 Å². The summed E-state index contributed by atoms with van der Waals surface area (Å²) in [5, 5.41) is 0. The summed E-state index contributed by atoms with van der Waals surface area (Å²) < 4.78 is 7.83. The molecule has 1 fully saturated rings. The fraction of sp³-hybridized carbons (Fsp3) is 0.500. The van der Waals surface area contributed by atoms with Crippen LogP contribution in [0.25, 0.3) is 11.0 Å². The molecule has 2 heterocycles. The highest BCUT2D eigenvalue weighted by Gasteiger charge is 2.29. The lowest BCUT2D eigenvalue weighted by Crippen LogP contribution is -2.13. The van der Waals surface area contributed by atoms with E-state index in [1.807, 2.05) is 0 Å². The summed E-state index contributed by atoms with van der Waals surface area (Å²) in [4.78, 5) is 4.78. The van der Waals surface area contributed by atoms with Crippen LogP contribution in [-0.2, 0) is 18.3 Å². The maximum atomic E-state index is 5.68. The van der Waals surface area contributed by atoms with Gasteiger partial charge in [0.1, 0.15) is 5.82 Å². The van der Waals surface area contributed by atoms with E-state index in [1.165, 1.54) is 5.52 Å². The van der Waals surface area contributed by atoms with E-state index in [0.717, 1.165) is 29.9 Å². The summed E-state index contributed by atoms with van der Waals surface area (Å²) >= 11 is 0. The average Bonchev–Trinajstić information content (AvgIpc) is 2.93. The molecular weight excluding hydrogens is 226 g/mol. The van der Waals surface area contributed by atoms with Gasteiger partial charge in [-0.3, -0.25) is 0 Å². The van der Waals surface area contributed by atoms with E-state index >= 15 is 0 Å². The lowest BCUT2D eigenvalue weighted by Gasteiger charge is -2.13. The average molecular weight is 245 g/mol. The Bertz CT molecular complexity index is 576. The van der Waals surface area contributed by atoms with Gasteiger partial charge in [-0.05, 0) is 31.0 Å². The minimum absolute atomic E-state index is 0.259. The van der Waals surface area contributed by atoms with Gasteiger partial charge in [0.05, 0.1) is 17.1 Å². The Labute approximate surface area is 107 Å². The van der Waals surface area contributed by atoms with Crippen molar-refractivity contribution in [2.75, 3.05) is 6.61 Å². The van der Waals surface area contributed by atoms with E-state index in [0.29, 0.717) is 12.5 Å². The Morgan fingerprint density at radius 1 is 1.50 bits per heavy atom. The van der Waals surface area contributed by atoms with Crippen molar-refractivity contribution in [3.63, 3.8) is 0 Å². The molecule has 2 atom stereocenters. The van der Waals surface area contributed by atoms with Crippen LogP contribution < -0.4 is 5.73 Å². The Kier molecular flexibility index (Phi) is 2.84. The van der Waals surface area contributed by atoms with Gasteiger partial charge in [0, 0.05) is 26.1 Å². The van der Waals surface area contributed by atoms with Gasteiger partial charge in [0.25, 0.3) is 0 Å². The third-order valence-corrected chi connectivity index (χ3v) is 3.92. The minimum atomic E-state index is 0.259. The molecule has 18 heavy (non-hydrogen) atoms. The van der Waals surface area contributed by atoms with Gasteiger partial charge in [0.15, 0.2) is 0 Å². The van der Waals surface area contributed by atoms with Crippen LogP contribution in [0.2, 0.25) is 0 Å². The molecule has 0 bridgehead atoms. The van der Waals surface area contributed by atoms with Crippen LogP contribution in [-0.4, -0.2) is 22.3 Å². The van der Waals surface area contributed by atoms with Gasteiger partial charge in [-0.25, -0.2) is 4.98 Å². The molecule has 1 aliphatic rings. The minimum Gasteiger partial charge on any atom is -0.378 e. The van der Waals surface area contributed by atoms with Crippen molar-refractivity contribution in [2.24, 2.45) is 12.8 Å². The van der Waals surface area contributed by atoms with E-state index in [4.69, 9.17) is 15.5 Å². The molecule has 4 heteroatoms. The molecule has 1 aromatic carbocycles. The number of imidazole rings is 1. The highest BCUT2D eigenvalue weighted by atomic mass is 16.5. The highest BCUT2D eigenvalue weighted by molar-refractivity contribution is 5.77. The van der Waals surface area contributed by atoms with Crippen LogP contribution in [0.4, 0.5) is 0 Å². The summed E-state index contributed by atoms with van der Waals surface area (Å²) in [7, 11) is 2.08. The third-order valence-electron chi connectivity index (χ3n) is 3.92. The van der Waals surface area contributed by atoms with E-state index in [-0.39, 0.29) is 6.10 Å². The molecule has 1 saturated heterocycles. The maximum absolute atomic E-state index is 5.68. The van der Waals surface area contributed by atoms with E-state index in [2.05, 4.69) is 36.7 Å². The zero-order chi connectivity index (χ0) is 12.7. The second-order valence-electron chi connectivity index (χ2n) is 5.03. The number of aryl methyl sites for hydroxylation is 1.